The van der Waals surface area contributed by atoms with Gasteiger partial charge in [-0.1, -0.05) is 19.3 Å². The highest BCUT2D eigenvalue weighted by Gasteiger charge is 2.25. The van der Waals surface area contributed by atoms with Gasteiger partial charge in [-0.2, -0.15) is 0 Å². The molecule has 0 bridgehead atoms. The summed E-state index contributed by atoms with van der Waals surface area (Å²) in [5, 5.41) is 14.1. The van der Waals surface area contributed by atoms with Gasteiger partial charge in [0, 0.05) is 25.2 Å². The topological polar surface area (TPSA) is 102 Å². The van der Waals surface area contributed by atoms with Crippen molar-refractivity contribution in [2.45, 2.75) is 57.0 Å². The molecular formula is C17H31ClN4O4. The van der Waals surface area contributed by atoms with Crippen molar-refractivity contribution in [1.29, 1.82) is 0 Å². The van der Waals surface area contributed by atoms with Crippen LogP contribution in [0.15, 0.2) is 0 Å². The average Bonchev–Trinajstić information content (AvgIpc) is 2.55. The minimum atomic E-state index is -0.826. The number of halogens is 1. The molecule has 1 heterocycles. The van der Waals surface area contributed by atoms with Gasteiger partial charge in [0.25, 0.3) is 0 Å². The van der Waals surface area contributed by atoms with Gasteiger partial charge in [-0.05, 0) is 32.7 Å². The van der Waals surface area contributed by atoms with Gasteiger partial charge >= 0.3 is 12.0 Å². The Morgan fingerprint density at radius 3 is 2.27 bits per heavy atom. The number of carbonyl (C=O) groups excluding carboxylic acids is 2. The first-order valence-electron chi connectivity index (χ1n) is 9.19. The predicted octanol–water partition coefficient (Wildman–Crippen LogP) is 1.05. The molecule has 0 aromatic carbocycles. The van der Waals surface area contributed by atoms with E-state index in [1.165, 1.54) is 6.42 Å². The number of carboxylic acids is 1. The number of carbonyl (C=O) groups is 3. The molecule has 0 aromatic heterocycles. The number of nitrogens with one attached hydrogen (secondary N) is 2. The number of imide groups is 1. The zero-order valence-electron chi connectivity index (χ0n) is 15.4. The van der Waals surface area contributed by atoms with Crippen LogP contribution in [0.1, 0.15) is 44.9 Å². The molecule has 1 aliphatic heterocycles. The number of urea groups is 1. The predicted molar refractivity (Wildman–Crippen MR) is 101 cm³/mol. The molecule has 3 amide bonds. The van der Waals surface area contributed by atoms with Crippen LogP contribution in [-0.2, 0) is 9.59 Å². The van der Waals surface area contributed by atoms with Gasteiger partial charge in [0.05, 0.1) is 13.1 Å². The number of nitrogens with zero attached hydrogens (tertiary/aromatic N) is 2. The molecule has 0 aromatic rings. The standard InChI is InChI=1S/C17H30N4O4.ClH/c1-20(12-16(23)24)14-7-9-21(10-8-14)11-15(22)19-17(25)18-13-5-3-2-4-6-13;/h13-14H,2-12H2,1H3,(H,23,24)(H2,18,19,22,25);1H. The lowest BCUT2D eigenvalue weighted by atomic mass is 9.96. The third-order valence-electron chi connectivity index (χ3n) is 5.13. The number of amides is 3. The maximum atomic E-state index is 12.0. The summed E-state index contributed by atoms with van der Waals surface area (Å²) in [7, 11) is 1.82. The Morgan fingerprint density at radius 1 is 1.08 bits per heavy atom. The molecule has 2 rings (SSSR count). The minimum absolute atomic E-state index is 0. The first-order chi connectivity index (χ1) is 11.9. The smallest absolute Gasteiger partial charge is 0.321 e. The molecule has 3 N–H and O–H groups in total. The second-order valence-corrected chi connectivity index (χ2v) is 7.17. The molecule has 1 aliphatic carbocycles. The van der Waals surface area contributed by atoms with Crippen LogP contribution in [0.3, 0.4) is 0 Å². The van der Waals surface area contributed by atoms with Crippen molar-refractivity contribution in [2.24, 2.45) is 0 Å². The quantitative estimate of drug-likeness (QED) is 0.626. The molecule has 8 nitrogen and oxygen atoms in total. The van der Waals surface area contributed by atoms with Crippen molar-refractivity contribution in [3.63, 3.8) is 0 Å². The van der Waals surface area contributed by atoms with E-state index in [1.807, 2.05) is 16.8 Å². The minimum Gasteiger partial charge on any atom is -0.480 e. The molecule has 1 saturated carbocycles. The summed E-state index contributed by atoms with van der Waals surface area (Å²) in [5.74, 6) is -1.11. The normalized spacial score (nSPS) is 19.6. The van der Waals surface area contributed by atoms with Gasteiger partial charge < -0.3 is 10.4 Å². The molecule has 0 radical (unpaired) electrons. The molecular weight excluding hydrogens is 360 g/mol. The maximum absolute atomic E-state index is 12.0. The van der Waals surface area contributed by atoms with Crippen LogP contribution in [0.4, 0.5) is 4.79 Å². The Hall–Kier alpha value is -1.38. The highest BCUT2D eigenvalue weighted by molar-refractivity contribution is 5.95. The second kappa shape index (κ2) is 11.4. The Balaban J connectivity index is 0.00000338. The molecule has 0 spiro atoms. The zero-order chi connectivity index (χ0) is 18.2. The van der Waals surface area contributed by atoms with Crippen molar-refractivity contribution >= 4 is 30.3 Å². The second-order valence-electron chi connectivity index (χ2n) is 7.17. The Bertz CT molecular complexity index is 477. The van der Waals surface area contributed by atoms with Crippen LogP contribution in [-0.4, -0.2) is 78.1 Å². The summed E-state index contributed by atoms with van der Waals surface area (Å²) < 4.78 is 0. The largest absolute Gasteiger partial charge is 0.480 e. The van der Waals surface area contributed by atoms with Crippen molar-refractivity contribution in [1.82, 2.24) is 20.4 Å². The van der Waals surface area contributed by atoms with E-state index in [1.54, 1.807) is 0 Å². The number of rotatable bonds is 6. The number of aliphatic carboxylic acids is 1. The van der Waals surface area contributed by atoms with E-state index in [0.717, 1.165) is 51.6 Å². The highest BCUT2D eigenvalue weighted by Crippen LogP contribution is 2.17. The van der Waals surface area contributed by atoms with E-state index < -0.39 is 12.0 Å². The first kappa shape index (κ1) is 22.7. The summed E-state index contributed by atoms with van der Waals surface area (Å²) in [4.78, 5) is 38.5. The fraction of sp³-hybridized carbons (Fsp3) is 0.824. The van der Waals surface area contributed by atoms with Gasteiger partial charge in [0.2, 0.25) is 5.91 Å². The Kier molecular flexibility index (Phi) is 9.90. The third kappa shape index (κ3) is 7.88. The summed E-state index contributed by atoms with van der Waals surface area (Å²) in [5.41, 5.74) is 0. The van der Waals surface area contributed by atoms with Crippen LogP contribution in [0.25, 0.3) is 0 Å². The highest BCUT2D eigenvalue weighted by atomic mass is 35.5. The van der Waals surface area contributed by atoms with Gasteiger partial charge in [-0.15, -0.1) is 12.4 Å². The van der Waals surface area contributed by atoms with E-state index in [-0.39, 0.29) is 43.5 Å². The molecule has 2 fully saturated rings. The lowest BCUT2D eigenvalue weighted by Gasteiger charge is -2.35. The molecule has 150 valence electrons. The SMILES string of the molecule is CN(CC(=O)O)C1CCN(CC(=O)NC(=O)NC2CCCCC2)CC1.Cl. The van der Waals surface area contributed by atoms with Gasteiger partial charge in [0.1, 0.15) is 0 Å². The van der Waals surface area contributed by atoms with Gasteiger partial charge in [-0.3, -0.25) is 24.7 Å². The van der Waals surface area contributed by atoms with E-state index in [0.29, 0.717) is 0 Å². The van der Waals surface area contributed by atoms with Gasteiger partial charge in [-0.25, -0.2) is 4.79 Å². The van der Waals surface area contributed by atoms with E-state index >= 15 is 0 Å². The Morgan fingerprint density at radius 2 is 1.69 bits per heavy atom. The molecule has 0 unspecified atom stereocenters. The Labute approximate surface area is 161 Å². The van der Waals surface area contributed by atoms with Crippen molar-refractivity contribution in [3.05, 3.63) is 0 Å². The van der Waals surface area contributed by atoms with E-state index in [9.17, 15) is 14.4 Å². The summed E-state index contributed by atoms with van der Waals surface area (Å²) in [6.45, 7) is 1.69. The zero-order valence-corrected chi connectivity index (χ0v) is 16.2. The monoisotopic (exact) mass is 390 g/mol. The number of hydrogen-bond acceptors (Lipinski definition) is 5. The van der Waals surface area contributed by atoms with Crippen molar-refractivity contribution in [3.8, 4) is 0 Å². The number of likely N-dealkylation sites (tertiary alicyclic amines) is 1. The fourth-order valence-electron chi connectivity index (χ4n) is 3.70. The van der Waals surface area contributed by atoms with Crippen LogP contribution >= 0.6 is 12.4 Å². The summed E-state index contributed by atoms with van der Waals surface area (Å²) in [6.07, 6.45) is 7.10. The lowest BCUT2D eigenvalue weighted by molar-refractivity contribution is -0.138. The maximum Gasteiger partial charge on any atom is 0.321 e. The van der Waals surface area contributed by atoms with Crippen LogP contribution < -0.4 is 10.6 Å². The number of carboxylic acid groups (broad SMARTS) is 1. The lowest BCUT2D eigenvalue weighted by Crippen LogP contribution is -2.50. The van der Waals surface area contributed by atoms with Gasteiger partial charge in [0.15, 0.2) is 0 Å². The van der Waals surface area contributed by atoms with E-state index in [2.05, 4.69) is 10.6 Å². The number of piperidine rings is 1. The average molecular weight is 391 g/mol. The molecule has 2 aliphatic rings. The molecule has 9 heteroatoms. The summed E-state index contributed by atoms with van der Waals surface area (Å²) in [6, 6.07) is 0.0139. The molecule has 1 saturated heterocycles. The van der Waals surface area contributed by atoms with Crippen LogP contribution in [0.5, 0.6) is 0 Å². The third-order valence-corrected chi connectivity index (χ3v) is 5.13. The number of likely N-dealkylation sites (N-methyl/N-ethyl adjacent to an activating group) is 1. The molecule has 0 atom stereocenters. The van der Waals surface area contributed by atoms with Crippen molar-refractivity contribution in [2.75, 3.05) is 33.2 Å². The summed E-state index contributed by atoms with van der Waals surface area (Å²) >= 11 is 0. The van der Waals surface area contributed by atoms with E-state index in [4.69, 9.17) is 5.11 Å². The first-order valence-corrected chi connectivity index (χ1v) is 9.19. The fourth-order valence-corrected chi connectivity index (χ4v) is 3.70. The number of hydrogen-bond donors (Lipinski definition) is 3. The van der Waals surface area contributed by atoms with Crippen molar-refractivity contribution < 1.29 is 19.5 Å². The van der Waals surface area contributed by atoms with Crippen LogP contribution in [0.2, 0.25) is 0 Å². The molecule has 26 heavy (non-hydrogen) atoms. The van der Waals surface area contributed by atoms with Crippen LogP contribution in [0, 0.1) is 0 Å².